The van der Waals surface area contributed by atoms with Crippen LogP contribution in [-0.4, -0.2) is 41.7 Å². The van der Waals surface area contributed by atoms with Gasteiger partial charge in [-0.25, -0.2) is 9.59 Å². The SMILES string of the molecule is COc1cccc(Cl)c1CNC(=O)N(C)C(C)(C)C(=O)O. The number of halogens is 1. The molecule has 6 nitrogen and oxygen atoms in total. The van der Waals surface area contributed by atoms with E-state index in [9.17, 15) is 9.59 Å². The van der Waals surface area contributed by atoms with Crippen molar-refractivity contribution in [3.8, 4) is 5.75 Å². The number of hydrogen-bond donors (Lipinski definition) is 2. The summed E-state index contributed by atoms with van der Waals surface area (Å²) in [6.07, 6.45) is 0. The van der Waals surface area contributed by atoms with E-state index in [2.05, 4.69) is 5.32 Å². The Morgan fingerprint density at radius 2 is 2.05 bits per heavy atom. The number of ether oxygens (including phenoxy) is 1. The Morgan fingerprint density at radius 1 is 1.43 bits per heavy atom. The maximum Gasteiger partial charge on any atom is 0.329 e. The number of likely N-dealkylation sites (N-methyl/N-ethyl adjacent to an activating group) is 1. The van der Waals surface area contributed by atoms with Crippen LogP contribution in [0.25, 0.3) is 0 Å². The highest BCUT2D eigenvalue weighted by Crippen LogP contribution is 2.26. The van der Waals surface area contributed by atoms with Crippen molar-refractivity contribution in [1.82, 2.24) is 10.2 Å². The summed E-state index contributed by atoms with van der Waals surface area (Å²) in [6.45, 7) is 3.04. The van der Waals surface area contributed by atoms with Gasteiger partial charge in [-0.3, -0.25) is 0 Å². The summed E-state index contributed by atoms with van der Waals surface area (Å²) in [5.74, 6) is -0.529. The highest BCUT2D eigenvalue weighted by molar-refractivity contribution is 6.31. The van der Waals surface area contributed by atoms with E-state index in [1.165, 1.54) is 28.0 Å². The molecular formula is C14H19ClN2O4. The highest BCUT2D eigenvalue weighted by Gasteiger charge is 2.35. The second-order valence-electron chi connectivity index (χ2n) is 5.00. The summed E-state index contributed by atoms with van der Waals surface area (Å²) < 4.78 is 5.18. The van der Waals surface area contributed by atoms with Crippen LogP contribution >= 0.6 is 11.6 Å². The van der Waals surface area contributed by atoms with Crippen molar-refractivity contribution in [3.05, 3.63) is 28.8 Å². The van der Waals surface area contributed by atoms with Gasteiger partial charge < -0.3 is 20.1 Å². The Bertz CT molecular complexity index is 546. The molecule has 0 saturated heterocycles. The Kier molecular flexibility index (Phi) is 5.43. The van der Waals surface area contributed by atoms with Gasteiger partial charge in [-0.2, -0.15) is 0 Å². The summed E-state index contributed by atoms with van der Waals surface area (Å²) in [5.41, 5.74) is -0.675. The molecule has 1 aromatic rings. The highest BCUT2D eigenvalue weighted by atomic mass is 35.5. The Labute approximate surface area is 128 Å². The molecule has 0 bridgehead atoms. The Hall–Kier alpha value is -1.95. The molecule has 0 radical (unpaired) electrons. The van der Waals surface area contributed by atoms with Crippen molar-refractivity contribution in [2.45, 2.75) is 25.9 Å². The van der Waals surface area contributed by atoms with Crippen molar-refractivity contribution in [1.29, 1.82) is 0 Å². The minimum absolute atomic E-state index is 0.141. The molecule has 0 aliphatic rings. The van der Waals surface area contributed by atoms with Crippen LogP contribution in [0, 0.1) is 0 Å². The molecule has 1 rings (SSSR count). The van der Waals surface area contributed by atoms with Gasteiger partial charge in [0.25, 0.3) is 0 Å². The number of amides is 2. The van der Waals surface area contributed by atoms with Crippen molar-refractivity contribution < 1.29 is 19.4 Å². The summed E-state index contributed by atoms with van der Waals surface area (Å²) in [5, 5.41) is 12.2. The number of methoxy groups -OCH3 is 1. The van der Waals surface area contributed by atoms with Crippen LogP contribution in [0.2, 0.25) is 5.02 Å². The Morgan fingerprint density at radius 3 is 2.57 bits per heavy atom. The van der Waals surface area contributed by atoms with Crippen LogP contribution in [0.4, 0.5) is 4.79 Å². The van der Waals surface area contributed by atoms with E-state index < -0.39 is 17.5 Å². The molecule has 2 amide bonds. The number of nitrogens with zero attached hydrogens (tertiary/aromatic N) is 1. The van der Waals surface area contributed by atoms with Gasteiger partial charge in [0.15, 0.2) is 0 Å². The van der Waals surface area contributed by atoms with Crippen LogP contribution in [0.15, 0.2) is 18.2 Å². The zero-order valence-electron chi connectivity index (χ0n) is 12.4. The van der Waals surface area contributed by atoms with Gasteiger partial charge in [-0.05, 0) is 26.0 Å². The first-order valence-electron chi connectivity index (χ1n) is 6.28. The topological polar surface area (TPSA) is 78.9 Å². The third-order valence-corrected chi connectivity index (χ3v) is 3.73. The number of carboxylic acid groups (broad SMARTS) is 1. The molecular weight excluding hydrogens is 296 g/mol. The predicted octanol–water partition coefficient (Wildman–Crippen LogP) is 2.35. The lowest BCUT2D eigenvalue weighted by Gasteiger charge is -2.31. The van der Waals surface area contributed by atoms with E-state index in [0.717, 1.165) is 4.90 Å². The fourth-order valence-electron chi connectivity index (χ4n) is 1.58. The number of carbonyl (C=O) groups is 2. The zero-order chi connectivity index (χ0) is 16.2. The van der Waals surface area contributed by atoms with Crippen LogP contribution in [0.3, 0.4) is 0 Å². The molecule has 0 saturated carbocycles. The summed E-state index contributed by atoms with van der Waals surface area (Å²) in [7, 11) is 2.93. The molecule has 0 spiro atoms. The first-order chi connectivity index (χ1) is 9.71. The lowest BCUT2D eigenvalue weighted by atomic mass is 10.1. The van der Waals surface area contributed by atoms with Crippen molar-refractivity contribution in [3.63, 3.8) is 0 Å². The number of urea groups is 1. The van der Waals surface area contributed by atoms with E-state index >= 15 is 0 Å². The second kappa shape index (κ2) is 6.67. The molecule has 1 aromatic carbocycles. The van der Waals surface area contributed by atoms with E-state index in [4.69, 9.17) is 21.4 Å². The normalized spacial score (nSPS) is 10.9. The first-order valence-corrected chi connectivity index (χ1v) is 6.66. The quantitative estimate of drug-likeness (QED) is 0.874. The molecule has 2 N–H and O–H groups in total. The number of nitrogens with one attached hydrogen (secondary N) is 1. The molecule has 7 heteroatoms. The van der Waals surface area contributed by atoms with Crippen LogP contribution in [0.1, 0.15) is 19.4 Å². The predicted molar refractivity (Wildman–Crippen MR) is 79.7 cm³/mol. The smallest absolute Gasteiger partial charge is 0.329 e. The van der Waals surface area contributed by atoms with Crippen molar-refractivity contribution in [2.75, 3.05) is 14.2 Å². The summed E-state index contributed by atoms with van der Waals surface area (Å²) in [4.78, 5) is 24.3. The standard InChI is InChI=1S/C14H19ClN2O4/c1-14(2,12(18)19)17(3)13(20)16-8-9-10(15)6-5-7-11(9)21-4/h5-7H,8H2,1-4H3,(H,16,20)(H,18,19). The first kappa shape index (κ1) is 17.1. The van der Waals surface area contributed by atoms with Gasteiger partial charge in [0, 0.05) is 24.2 Å². The molecule has 0 unspecified atom stereocenters. The monoisotopic (exact) mass is 314 g/mol. The van der Waals surface area contributed by atoms with Crippen LogP contribution in [0.5, 0.6) is 5.75 Å². The molecule has 0 aliphatic heterocycles. The van der Waals surface area contributed by atoms with Gasteiger partial charge in [0.1, 0.15) is 11.3 Å². The molecule has 0 fully saturated rings. The minimum Gasteiger partial charge on any atom is -0.496 e. The number of carbonyl (C=O) groups excluding carboxylic acids is 1. The van der Waals surface area contributed by atoms with E-state index in [-0.39, 0.29) is 6.54 Å². The summed E-state index contributed by atoms with van der Waals surface area (Å²) >= 11 is 6.07. The lowest BCUT2D eigenvalue weighted by molar-refractivity contribution is -0.146. The van der Waals surface area contributed by atoms with Gasteiger partial charge in [0.2, 0.25) is 0 Å². The fourth-order valence-corrected chi connectivity index (χ4v) is 1.81. The zero-order valence-corrected chi connectivity index (χ0v) is 13.2. The molecule has 21 heavy (non-hydrogen) atoms. The number of benzene rings is 1. The average molecular weight is 315 g/mol. The van der Waals surface area contributed by atoms with Gasteiger partial charge in [0.05, 0.1) is 7.11 Å². The molecule has 0 atom stereocenters. The molecule has 0 aromatic heterocycles. The van der Waals surface area contributed by atoms with Crippen LogP contribution < -0.4 is 10.1 Å². The summed E-state index contributed by atoms with van der Waals surface area (Å²) in [6, 6.07) is 4.66. The third-order valence-electron chi connectivity index (χ3n) is 3.38. The molecule has 116 valence electrons. The van der Waals surface area contributed by atoms with E-state index in [1.54, 1.807) is 18.2 Å². The molecule has 0 aliphatic carbocycles. The van der Waals surface area contributed by atoms with E-state index in [1.807, 2.05) is 0 Å². The third kappa shape index (κ3) is 3.78. The minimum atomic E-state index is -1.31. The largest absolute Gasteiger partial charge is 0.496 e. The van der Waals surface area contributed by atoms with Crippen LogP contribution in [-0.2, 0) is 11.3 Å². The molecule has 0 heterocycles. The second-order valence-corrected chi connectivity index (χ2v) is 5.41. The van der Waals surface area contributed by atoms with Gasteiger partial charge in [-0.1, -0.05) is 17.7 Å². The van der Waals surface area contributed by atoms with Gasteiger partial charge >= 0.3 is 12.0 Å². The average Bonchev–Trinajstić information content (AvgIpc) is 2.44. The number of carboxylic acids is 1. The van der Waals surface area contributed by atoms with E-state index in [0.29, 0.717) is 16.3 Å². The van der Waals surface area contributed by atoms with Gasteiger partial charge in [-0.15, -0.1) is 0 Å². The number of rotatable bonds is 5. The fraction of sp³-hybridized carbons (Fsp3) is 0.429. The van der Waals surface area contributed by atoms with Crippen molar-refractivity contribution >= 4 is 23.6 Å². The Balaban J connectivity index is 2.81. The maximum absolute atomic E-state index is 12.0. The lowest BCUT2D eigenvalue weighted by Crippen LogP contribution is -2.53. The number of aliphatic carboxylic acids is 1. The van der Waals surface area contributed by atoms with Crippen molar-refractivity contribution in [2.24, 2.45) is 0 Å². The maximum atomic E-state index is 12.0. The number of hydrogen-bond acceptors (Lipinski definition) is 3.